The SMILES string of the molecule is CC(C)(C)COCc1ccsc1. The van der Waals surface area contributed by atoms with Gasteiger partial charge in [-0.1, -0.05) is 20.8 Å². The lowest BCUT2D eigenvalue weighted by Crippen LogP contribution is -2.14. The summed E-state index contributed by atoms with van der Waals surface area (Å²) in [4.78, 5) is 0. The topological polar surface area (TPSA) is 9.23 Å². The largest absolute Gasteiger partial charge is 0.376 e. The molecule has 0 saturated carbocycles. The third-order valence-electron chi connectivity index (χ3n) is 1.38. The van der Waals surface area contributed by atoms with Gasteiger partial charge < -0.3 is 4.74 Å². The second-order valence-electron chi connectivity index (χ2n) is 4.19. The molecule has 0 aliphatic rings. The van der Waals surface area contributed by atoms with Gasteiger partial charge in [0.15, 0.2) is 0 Å². The van der Waals surface area contributed by atoms with Crippen LogP contribution in [0.1, 0.15) is 26.3 Å². The summed E-state index contributed by atoms with van der Waals surface area (Å²) in [6, 6.07) is 2.10. The third kappa shape index (κ3) is 3.88. The van der Waals surface area contributed by atoms with Gasteiger partial charge in [-0.25, -0.2) is 0 Å². The highest BCUT2D eigenvalue weighted by molar-refractivity contribution is 7.07. The average molecular weight is 184 g/mol. The molecule has 0 fully saturated rings. The molecule has 68 valence electrons. The molecule has 12 heavy (non-hydrogen) atoms. The van der Waals surface area contributed by atoms with E-state index in [1.54, 1.807) is 11.3 Å². The maximum absolute atomic E-state index is 5.55. The Morgan fingerprint density at radius 2 is 2.17 bits per heavy atom. The van der Waals surface area contributed by atoms with Gasteiger partial charge in [-0.15, -0.1) is 0 Å². The number of rotatable bonds is 3. The number of ether oxygens (including phenoxy) is 1. The Morgan fingerprint density at radius 1 is 1.42 bits per heavy atom. The fourth-order valence-corrected chi connectivity index (χ4v) is 1.50. The first-order chi connectivity index (χ1) is 5.58. The summed E-state index contributed by atoms with van der Waals surface area (Å²) < 4.78 is 5.55. The van der Waals surface area contributed by atoms with Crippen molar-refractivity contribution in [1.29, 1.82) is 0 Å². The molecular formula is C10H16OS. The predicted molar refractivity (Wildman–Crippen MR) is 53.4 cm³/mol. The van der Waals surface area contributed by atoms with Gasteiger partial charge in [0.05, 0.1) is 13.2 Å². The van der Waals surface area contributed by atoms with E-state index in [1.165, 1.54) is 5.56 Å². The van der Waals surface area contributed by atoms with E-state index in [0.717, 1.165) is 13.2 Å². The lowest BCUT2D eigenvalue weighted by Gasteiger charge is -2.17. The van der Waals surface area contributed by atoms with Crippen molar-refractivity contribution in [3.05, 3.63) is 22.4 Å². The molecule has 0 aliphatic carbocycles. The molecular weight excluding hydrogens is 168 g/mol. The summed E-state index contributed by atoms with van der Waals surface area (Å²) in [6.45, 7) is 8.12. The van der Waals surface area contributed by atoms with Crippen LogP contribution in [0.4, 0.5) is 0 Å². The molecule has 0 bridgehead atoms. The Kier molecular flexibility index (Phi) is 3.29. The molecule has 0 aliphatic heterocycles. The quantitative estimate of drug-likeness (QED) is 0.700. The van der Waals surface area contributed by atoms with Gasteiger partial charge in [0.2, 0.25) is 0 Å². The van der Waals surface area contributed by atoms with Crippen molar-refractivity contribution in [3.8, 4) is 0 Å². The first-order valence-corrected chi connectivity index (χ1v) is 5.11. The van der Waals surface area contributed by atoms with Crippen molar-refractivity contribution < 1.29 is 4.74 Å². The molecule has 0 radical (unpaired) electrons. The summed E-state index contributed by atoms with van der Waals surface area (Å²) >= 11 is 1.72. The summed E-state index contributed by atoms with van der Waals surface area (Å²) in [6.07, 6.45) is 0. The minimum atomic E-state index is 0.274. The summed E-state index contributed by atoms with van der Waals surface area (Å²) in [5.74, 6) is 0. The van der Waals surface area contributed by atoms with Crippen LogP contribution in [0.5, 0.6) is 0 Å². The van der Waals surface area contributed by atoms with Crippen LogP contribution < -0.4 is 0 Å². The van der Waals surface area contributed by atoms with Gasteiger partial charge in [-0.3, -0.25) is 0 Å². The van der Waals surface area contributed by atoms with Gasteiger partial charge in [0.1, 0.15) is 0 Å². The normalized spacial score (nSPS) is 11.9. The molecule has 0 saturated heterocycles. The second-order valence-corrected chi connectivity index (χ2v) is 4.97. The molecule has 1 aromatic rings. The van der Waals surface area contributed by atoms with Crippen molar-refractivity contribution in [1.82, 2.24) is 0 Å². The highest BCUT2D eigenvalue weighted by Gasteiger charge is 2.09. The molecule has 0 unspecified atom stereocenters. The van der Waals surface area contributed by atoms with E-state index in [2.05, 4.69) is 37.6 Å². The first kappa shape index (κ1) is 9.75. The highest BCUT2D eigenvalue weighted by Crippen LogP contribution is 2.15. The number of hydrogen-bond acceptors (Lipinski definition) is 2. The van der Waals surface area contributed by atoms with Gasteiger partial charge in [0, 0.05) is 0 Å². The van der Waals surface area contributed by atoms with Crippen molar-refractivity contribution >= 4 is 11.3 Å². The van der Waals surface area contributed by atoms with Crippen LogP contribution in [0, 0.1) is 5.41 Å². The van der Waals surface area contributed by atoms with Crippen molar-refractivity contribution in [2.24, 2.45) is 5.41 Å². The van der Waals surface area contributed by atoms with Gasteiger partial charge in [-0.2, -0.15) is 11.3 Å². The fourth-order valence-electron chi connectivity index (χ4n) is 0.850. The summed E-state index contributed by atoms with van der Waals surface area (Å²) in [5.41, 5.74) is 1.56. The van der Waals surface area contributed by atoms with Crippen LogP contribution >= 0.6 is 11.3 Å². The predicted octanol–water partition coefficient (Wildman–Crippen LogP) is 3.31. The molecule has 0 N–H and O–H groups in total. The molecule has 0 amide bonds. The van der Waals surface area contributed by atoms with E-state index in [9.17, 15) is 0 Å². The Bertz CT molecular complexity index is 208. The van der Waals surface area contributed by atoms with E-state index < -0.39 is 0 Å². The third-order valence-corrected chi connectivity index (χ3v) is 2.12. The van der Waals surface area contributed by atoms with Gasteiger partial charge in [0.25, 0.3) is 0 Å². The Balaban J connectivity index is 2.20. The van der Waals surface area contributed by atoms with Crippen molar-refractivity contribution in [3.63, 3.8) is 0 Å². The molecule has 1 aromatic heterocycles. The lowest BCUT2D eigenvalue weighted by molar-refractivity contribution is 0.0601. The van der Waals surface area contributed by atoms with Crippen LogP contribution in [-0.2, 0) is 11.3 Å². The molecule has 0 aromatic carbocycles. The molecule has 0 spiro atoms. The highest BCUT2D eigenvalue weighted by atomic mass is 32.1. The van der Waals surface area contributed by atoms with Crippen molar-refractivity contribution in [2.75, 3.05) is 6.61 Å². The smallest absolute Gasteiger partial charge is 0.0725 e. The molecule has 2 heteroatoms. The Hall–Kier alpha value is -0.340. The maximum Gasteiger partial charge on any atom is 0.0725 e. The minimum absolute atomic E-state index is 0.274. The van der Waals surface area contributed by atoms with Crippen LogP contribution in [0.15, 0.2) is 16.8 Å². The lowest BCUT2D eigenvalue weighted by atomic mass is 9.99. The first-order valence-electron chi connectivity index (χ1n) is 4.17. The zero-order valence-electron chi connectivity index (χ0n) is 7.96. The zero-order valence-corrected chi connectivity index (χ0v) is 8.78. The van der Waals surface area contributed by atoms with Crippen LogP contribution in [-0.4, -0.2) is 6.61 Å². The summed E-state index contributed by atoms with van der Waals surface area (Å²) in [5, 5.41) is 4.21. The van der Waals surface area contributed by atoms with E-state index in [0.29, 0.717) is 0 Å². The molecule has 0 atom stereocenters. The Labute approximate surface area is 78.4 Å². The number of hydrogen-bond donors (Lipinski definition) is 0. The molecule has 1 nitrogen and oxygen atoms in total. The van der Waals surface area contributed by atoms with E-state index >= 15 is 0 Å². The second kappa shape index (κ2) is 4.06. The number of thiophene rings is 1. The Morgan fingerprint density at radius 3 is 2.67 bits per heavy atom. The summed E-state index contributed by atoms with van der Waals surface area (Å²) in [7, 11) is 0. The van der Waals surface area contributed by atoms with E-state index in [4.69, 9.17) is 4.74 Å². The molecule has 1 rings (SSSR count). The maximum atomic E-state index is 5.55. The van der Waals surface area contributed by atoms with Crippen LogP contribution in [0.2, 0.25) is 0 Å². The van der Waals surface area contributed by atoms with Gasteiger partial charge in [-0.05, 0) is 27.8 Å². The van der Waals surface area contributed by atoms with Crippen LogP contribution in [0.25, 0.3) is 0 Å². The average Bonchev–Trinajstić information content (AvgIpc) is 2.36. The van der Waals surface area contributed by atoms with Crippen molar-refractivity contribution in [2.45, 2.75) is 27.4 Å². The monoisotopic (exact) mass is 184 g/mol. The zero-order chi connectivity index (χ0) is 9.03. The minimum Gasteiger partial charge on any atom is -0.376 e. The van der Waals surface area contributed by atoms with Gasteiger partial charge >= 0.3 is 0 Å². The standard InChI is InChI=1S/C10H16OS/c1-10(2,3)8-11-6-9-4-5-12-7-9/h4-5,7H,6,8H2,1-3H3. The van der Waals surface area contributed by atoms with Crippen LogP contribution in [0.3, 0.4) is 0 Å². The van der Waals surface area contributed by atoms with E-state index in [-0.39, 0.29) is 5.41 Å². The molecule has 1 heterocycles. The fraction of sp³-hybridized carbons (Fsp3) is 0.600. The van der Waals surface area contributed by atoms with E-state index in [1.807, 2.05) is 0 Å².